The number of nitrogens with zero attached hydrogens (tertiary/aromatic N) is 3. The fourth-order valence-electron chi connectivity index (χ4n) is 3.07. The van der Waals surface area contributed by atoms with Gasteiger partial charge in [-0.1, -0.05) is 42.5 Å². The number of allylic oxidation sites excluding steroid dienone is 1. The summed E-state index contributed by atoms with van der Waals surface area (Å²) in [7, 11) is 1.35. The predicted octanol–water partition coefficient (Wildman–Crippen LogP) is 4.88. The second-order valence-corrected chi connectivity index (χ2v) is 6.90. The van der Waals surface area contributed by atoms with E-state index >= 15 is 0 Å². The summed E-state index contributed by atoms with van der Waals surface area (Å²) in [6, 6.07) is 18.2. The van der Waals surface area contributed by atoms with Crippen LogP contribution in [0.3, 0.4) is 0 Å². The van der Waals surface area contributed by atoms with Crippen LogP contribution in [-0.4, -0.2) is 22.7 Å². The van der Waals surface area contributed by atoms with Gasteiger partial charge in [-0.05, 0) is 17.7 Å². The third-order valence-corrected chi connectivity index (χ3v) is 4.73. The quantitative estimate of drug-likeness (QED) is 0.145. The van der Waals surface area contributed by atoms with E-state index in [1.807, 2.05) is 30.3 Å². The second kappa shape index (κ2) is 10.5. The van der Waals surface area contributed by atoms with E-state index in [9.17, 15) is 30.3 Å². The van der Waals surface area contributed by atoms with Crippen molar-refractivity contribution in [1.29, 1.82) is 5.26 Å². The summed E-state index contributed by atoms with van der Waals surface area (Å²) in [6.45, 7) is 0.137. The van der Waals surface area contributed by atoms with Crippen LogP contribution in [0.5, 0.6) is 11.5 Å². The van der Waals surface area contributed by atoms with Crippen LogP contribution in [-0.2, 0) is 6.61 Å². The maximum absolute atomic E-state index is 12.8. The van der Waals surface area contributed by atoms with Crippen LogP contribution in [0.25, 0.3) is 6.08 Å². The minimum atomic E-state index is -0.816. The molecule has 0 aliphatic rings. The Morgan fingerprint density at radius 3 is 2.35 bits per heavy atom. The fraction of sp³-hybridized carbons (Fsp3) is 0.0833. The molecule has 0 atom stereocenters. The van der Waals surface area contributed by atoms with Gasteiger partial charge in [0.25, 0.3) is 11.4 Å². The summed E-state index contributed by atoms with van der Waals surface area (Å²) in [4.78, 5) is 34.1. The van der Waals surface area contributed by atoms with Crippen molar-refractivity contribution in [2.24, 2.45) is 0 Å². The first-order chi connectivity index (χ1) is 16.3. The van der Waals surface area contributed by atoms with Gasteiger partial charge in [-0.25, -0.2) is 0 Å². The smallest absolute Gasteiger partial charge is 0.280 e. The van der Waals surface area contributed by atoms with Gasteiger partial charge in [0.05, 0.1) is 28.6 Å². The Hall–Kier alpha value is -5.04. The van der Waals surface area contributed by atoms with Gasteiger partial charge in [0.15, 0.2) is 11.5 Å². The van der Waals surface area contributed by atoms with Gasteiger partial charge < -0.3 is 9.47 Å². The Bertz CT molecular complexity index is 1330. The Kier molecular flexibility index (Phi) is 7.31. The number of carbonyl (C=O) groups is 1. The lowest BCUT2D eigenvalue weighted by molar-refractivity contribution is -0.385. The SMILES string of the molecule is COc1cc(/C=C(\C#N)C(=O)c2cccc([N+](=O)[O-])c2)c([N+](=O)[O-])cc1OCc1ccccc1. The van der Waals surface area contributed by atoms with Crippen molar-refractivity contribution >= 4 is 23.2 Å². The highest BCUT2D eigenvalue weighted by atomic mass is 16.6. The first-order valence-electron chi connectivity index (χ1n) is 9.78. The molecule has 0 aliphatic carbocycles. The van der Waals surface area contributed by atoms with Crippen molar-refractivity contribution in [2.75, 3.05) is 7.11 Å². The molecular formula is C24H17N3O7. The Balaban J connectivity index is 2.00. The number of hydrogen-bond acceptors (Lipinski definition) is 8. The molecule has 34 heavy (non-hydrogen) atoms. The molecule has 0 spiro atoms. The van der Waals surface area contributed by atoms with Gasteiger partial charge in [0, 0.05) is 17.7 Å². The molecule has 0 aromatic heterocycles. The molecule has 0 aliphatic heterocycles. The summed E-state index contributed by atoms with van der Waals surface area (Å²) in [5.41, 5.74) is -0.503. The molecule has 3 rings (SSSR count). The molecule has 10 nitrogen and oxygen atoms in total. The molecule has 0 unspecified atom stereocenters. The van der Waals surface area contributed by atoms with E-state index in [1.165, 1.54) is 31.4 Å². The number of ether oxygens (including phenoxy) is 2. The lowest BCUT2D eigenvalue weighted by Crippen LogP contribution is -2.04. The average molecular weight is 459 g/mol. The molecule has 0 N–H and O–H groups in total. The van der Waals surface area contributed by atoms with Gasteiger partial charge in [-0.3, -0.25) is 25.0 Å². The van der Waals surface area contributed by atoms with E-state index in [-0.39, 0.29) is 34.9 Å². The van der Waals surface area contributed by atoms with Gasteiger partial charge in [-0.2, -0.15) is 5.26 Å². The molecule has 0 bridgehead atoms. The van der Waals surface area contributed by atoms with E-state index in [2.05, 4.69) is 0 Å². The second-order valence-electron chi connectivity index (χ2n) is 6.90. The molecule has 0 heterocycles. The maximum Gasteiger partial charge on any atom is 0.280 e. The number of non-ortho nitro benzene ring substituents is 1. The zero-order valence-corrected chi connectivity index (χ0v) is 17.8. The van der Waals surface area contributed by atoms with Crippen LogP contribution < -0.4 is 9.47 Å². The zero-order chi connectivity index (χ0) is 24.7. The lowest BCUT2D eigenvalue weighted by atomic mass is 10.0. The number of carbonyl (C=O) groups excluding carboxylic acids is 1. The summed E-state index contributed by atoms with van der Waals surface area (Å²) < 4.78 is 11.0. The van der Waals surface area contributed by atoms with E-state index in [4.69, 9.17) is 9.47 Å². The number of ketones is 1. The number of nitriles is 1. The molecule has 0 saturated carbocycles. The molecule has 170 valence electrons. The molecule has 0 saturated heterocycles. The topological polar surface area (TPSA) is 146 Å². The Morgan fingerprint density at radius 1 is 1.00 bits per heavy atom. The molecule has 10 heteroatoms. The summed E-state index contributed by atoms with van der Waals surface area (Å²) >= 11 is 0. The number of hydrogen-bond donors (Lipinski definition) is 0. The molecule has 0 fully saturated rings. The number of methoxy groups -OCH3 is 1. The first-order valence-corrected chi connectivity index (χ1v) is 9.78. The maximum atomic E-state index is 12.8. The van der Waals surface area contributed by atoms with Crippen LogP contribution in [0.2, 0.25) is 0 Å². The number of nitro benzene ring substituents is 2. The molecule has 3 aromatic carbocycles. The summed E-state index contributed by atoms with van der Waals surface area (Å²) in [5, 5.41) is 32.2. The number of rotatable bonds is 9. The first kappa shape index (κ1) is 23.6. The number of Topliss-reactive ketones (excluding diaryl/α,β-unsaturated/α-hetero) is 1. The minimum absolute atomic E-state index is 0.0655. The highest BCUT2D eigenvalue weighted by Gasteiger charge is 2.22. The van der Waals surface area contributed by atoms with Crippen molar-refractivity contribution in [2.45, 2.75) is 6.61 Å². The molecule has 0 amide bonds. The predicted molar refractivity (Wildman–Crippen MR) is 121 cm³/mol. The monoisotopic (exact) mass is 459 g/mol. The highest BCUT2D eigenvalue weighted by Crippen LogP contribution is 2.36. The summed E-state index contributed by atoms with van der Waals surface area (Å²) in [5.74, 6) is -0.546. The number of nitro groups is 2. The van der Waals surface area contributed by atoms with Gasteiger partial charge >= 0.3 is 0 Å². The van der Waals surface area contributed by atoms with Crippen molar-refractivity contribution in [3.63, 3.8) is 0 Å². The summed E-state index contributed by atoms with van der Waals surface area (Å²) in [6.07, 6.45) is 1.04. The van der Waals surface area contributed by atoms with E-state index in [1.54, 1.807) is 6.07 Å². The third kappa shape index (κ3) is 5.41. The third-order valence-electron chi connectivity index (χ3n) is 4.73. The van der Waals surface area contributed by atoms with Crippen molar-refractivity contribution < 1.29 is 24.1 Å². The van der Waals surface area contributed by atoms with Crippen LogP contribution >= 0.6 is 0 Å². The zero-order valence-electron chi connectivity index (χ0n) is 17.8. The van der Waals surface area contributed by atoms with E-state index in [0.29, 0.717) is 0 Å². The Labute approximate surface area is 193 Å². The fourth-order valence-corrected chi connectivity index (χ4v) is 3.07. The standard InChI is InChI=1S/C24H17N3O7/c1-33-22-12-18(10-19(14-25)24(28)17-8-5-9-20(11-17)26(29)30)21(27(31)32)13-23(22)34-15-16-6-3-2-4-7-16/h2-13H,15H2,1H3/b19-10+. The van der Waals surface area contributed by atoms with Crippen LogP contribution in [0.1, 0.15) is 21.5 Å². The number of benzene rings is 3. The van der Waals surface area contributed by atoms with Gasteiger partial charge in [0.1, 0.15) is 18.2 Å². The van der Waals surface area contributed by atoms with Gasteiger partial charge in [-0.15, -0.1) is 0 Å². The highest BCUT2D eigenvalue weighted by molar-refractivity contribution is 6.14. The van der Waals surface area contributed by atoms with Crippen LogP contribution in [0.15, 0.2) is 72.3 Å². The van der Waals surface area contributed by atoms with Crippen LogP contribution in [0.4, 0.5) is 11.4 Å². The van der Waals surface area contributed by atoms with E-state index in [0.717, 1.165) is 23.8 Å². The van der Waals surface area contributed by atoms with Crippen molar-refractivity contribution in [1.82, 2.24) is 0 Å². The lowest BCUT2D eigenvalue weighted by Gasteiger charge is -2.12. The van der Waals surface area contributed by atoms with Crippen molar-refractivity contribution in [3.05, 3.63) is 109 Å². The molecular weight excluding hydrogens is 442 g/mol. The van der Waals surface area contributed by atoms with Crippen LogP contribution in [0, 0.1) is 31.6 Å². The molecule has 0 radical (unpaired) electrons. The average Bonchev–Trinajstić information content (AvgIpc) is 2.86. The van der Waals surface area contributed by atoms with Crippen molar-refractivity contribution in [3.8, 4) is 17.6 Å². The normalized spacial score (nSPS) is 10.8. The largest absolute Gasteiger partial charge is 0.493 e. The van der Waals surface area contributed by atoms with Gasteiger partial charge in [0.2, 0.25) is 5.78 Å². The van der Waals surface area contributed by atoms with E-state index < -0.39 is 26.9 Å². The molecule has 3 aromatic rings. The minimum Gasteiger partial charge on any atom is -0.493 e. The Morgan fingerprint density at radius 2 is 1.74 bits per heavy atom.